The third kappa shape index (κ3) is 4.92. The predicted molar refractivity (Wildman–Crippen MR) is 145 cm³/mol. The summed E-state index contributed by atoms with van der Waals surface area (Å²) in [6.07, 6.45) is 4.82. The number of aromatic nitrogens is 1. The number of aliphatic hydroxyl groups excluding tert-OH is 1. The van der Waals surface area contributed by atoms with Crippen LogP contribution in [0.15, 0.2) is 60.8 Å². The van der Waals surface area contributed by atoms with Crippen molar-refractivity contribution in [3.63, 3.8) is 0 Å². The quantitative estimate of drug-likeness (QED) is 0.315. The first-order chi connectivity index (χ1) is 17.2. The molecule has 0 amide bonds. The van der Waals surface area contributed by atoms with Crippen LogP contribution in [0, 0.1) is 5.41 Å². The zero-order valence-electron chi connectivity index (χ0n) is 21.0. The average Bonchev–Trinajstić information content (AvgIpc) is 3.30. The molecule has 1 unspecified atom stereocenters. The molecule has 1 saturated carbocycles. The lowest BCUT2D eigenvalue weighted by Gasteiger charge is -2.34. The molecule has 2 aliphatic rings. The fraction of sp³-hybridized carbons (Fsp3) is 0.414. The van der Waals surface area contributed by atoms with Crippen molar-refractivity contribution in [2.75, 3.05) is 13.4 Å². The monoisotopic (exact) mass is 524 g/mol. The van der Waals surface area contributed by atoms with Crippen LogP contribution < -0.4 is 14.8 Å². The van der Waals surface area contributed by atoms with Gasteiger partial charge in [-0.3, -0.25) is 5.32 Å². The minimum atomic E-state index is -0.168. The number of halogens is 1. The van der Waals surface area contributed by atoms with E-state index in [9.17, 15) is 5.11 Å². The minimum Gasteiger partial charge on any atom is -0.454 e. The normalized spacial score (nSPS) is 17.6. The van der Waals surface area contributed by atoms with Crippen LogP contribution in [0.2, 0.25) is 5.02 Å². The molecule has 2 atom stereocenters. The zero-order chi connectivity index (χ0) is 25.5. The van der Waals surface area contributed by atoms with Gasteiger partial charge in [0.25, 0.3) is 0 Å². The lowest BCUT2D eigenvalue weighted by atomic mass is 9.86. The van der Waals surface area contributed by atoms with Gasteiger partial charge >= 0.3 is 0 Å². The number of hydrogen-bond acceptors (Lipinski definition) is 6. The number of hydrogen-bond donors (Lipinski definition) is 2. The molecule has 0 spiro atoms. The van der Waals surface area contributed by atoms with Crippen LogP contribution in [0.4, 0.5) is 0 Å². The number of thiazole rings is 1. The summed E-state index contributed by atoms with van der Waals surface area (Å²) in [5, 5.41) is 15.5. The van der Waals surface area contributed by atoms with Crippen LogP contribution in [0.25, 0.3) is 0 Å². The number of ether oxygens (including phenoxy) is 2. The zero-order valence-corrected chi connectivity index (χ0v) is 22.6. The summed E-state index contributed by atoms with van der Waals surface area (Å²) in [5.74, 6) is 1.62. The molecular weight excluding hydrogens is 492 g/mol. The lowest BCUT2D eigenvalue weighted by Crippen LogP contribution is -2.45. The van der Waals surface area contributed by atoms with Crippen LogP contribution in [0.5, 0.6) is 11.5 Å². The molecule has 7 heteroatoms. The minimum absolute atomic E-state index is 0.0264. The number of nitrogens with one attached hydrogen (secondary N) is 1. The Balaban J connectivity index is 1.38. The average molecular weight is 525 g/mol. The fourth-order valence-corrected chi connectivity index (χ4v) is 6.16. The molecule has 5 rings (SSSR count). The number of benzene rings is 2. The molecule has 2 heterocycles. The summed E-state index contributed by atoms with van der Waals surface area (Å²) in [7, 11) is 0. The molecule has 190 valence electrons. The Hall–Kier alpha value is -2.38. The van der Waals surface area contributed by atoms with E-state index in [-0.39, 0.29) is 36.3 Å². The second-order valence-corrected chi connectivity index (χ2v) is 12.4. The second kappa shape index (κ2) is 9.82. The molecule has 5 nitrogen and oxygen atoms in total. The highest BCUT2D eigenvalue weighted by molar-refractivity contribution is 7.11. The number of allylic oxidation sites excluding steroid dienone is 1. The molecule has 36 heavy (non-hydrogen) atoms. The van der Waals surface area contributed by atoms with Gasteiger partial charge in [0, 0.05) is 34.0 Å². The smallest absolute Gasteiger partial charge is 0.231 e. The van der Waals surface area contributed by atoms with Gasteiger partial charge in [0.2, 0.25) is 6.79 Å². The summed E-state index contributed by atoms with van der Waals surface area (Å²) >= 11 is 8.30. The molecule has 0 radical (unpaired) electrons. The van der Waals surface area contributed by atoms with Crippen LogP contribution >= 0.6 is 22.9 Å². The van der Waals surface area contributed by atoms with Crippen molar-refractivity contribution < 1.29 is 14.6 Å². The van der Waals surface area contributed by atoms with Crippen LogP contribution in [-0.2, 0) is 11.8 Å². The van der Waals surface area contributed by atoms with Gasteiger partial charge in [0.05, 0.1) is 17.7 Å². The standard InChI is InChI=1S/C29H33ClN2O3S/c1-18(29(11-12-29)19-9-10-22-23(14-19)35-17-34-22)13-26-31-15-24(36-26)27(20-7-5-6-8-21(20)30)32-25(16-33)28(2,3)4/h5-10,14-15,25,27,32-33H,1,11-13,16-17H2,2-4H3/t25-,27?/m1/s1. The number of nitrogens with zero attached hydrogens (tertiary/aromatic N) is 1. The van der Waals surface area contributed by atoms with Crippen LogP contribution in [0.1, 0.15) is 60.7 Å². The summed E-state index contributed by atoms with van der Waals surface area (Å²) in [6, 6.07) is 13.8. The summed E-state index contributed by atoms with van der Waals surface area (Å²) in [4.78, 5) is 5.86. The molecule has 1 fully saturated rings. The Morgan fingerprint density at radius 2 is 1.94 bits per heavy atom. The second-order valence-electron chi connectivity index (χ2n) is 10.8. The van der Waals surface area contributed by atoms with Gasteiger partial charge in [0.15, 0.2) is 11.5 Å². The van der Waals surface area contributed by atoms with Gasteiger partial charge in [0.1, 0.15) is 0 Å². The van der Waals surface area contributed by atoms with Crippen molar-refractivity contribution in [2.45, 2.75) is 57.5 Å². The van der Waals surface area contributed by atoms with Gasteiger partial charge in [-0.25, -0.2) is 4.98 Å². The fourth-order valence-electron chi connectivity index (χ4n) is 4.87. The van der Waals surface area contributed by atoms with Crippen LogP contribution in [0.3, 0.4) is 0 Å². The Morgan fingerprint density at radius 3 is 2.64 bits per heavy atom. The van der Waals surface area contributed by atoms with Gasteiger partial charge in [-0.05, 0) is 47.6 Å². The Bertz CT molecular complexity index is 1260. The first-order valence-electron chi connectivity index (χ1n) is 12.4. The predicted octanol–water partition coefficient (Wildman–Crippen LogP) is 6.44. The van der Waals surface area contributed by atoms with E-state index in [1.54, 1.807) is 11.3 Å². The maximum absolute atomic E-state index is 10.1. The highest BCUT2D eigenvalue weighted by atomic mass is 35.5. The molecule has 1 aliphatic heterocycles. The Labute approximate surface area is 222 Å². The highest BCUT2D eigenvalue weighted by Gasteiger charge is 2.47. The maximum atomic E-state index is 10.1. The van der Waals surface area contributed by atoms with E-state index in [0.717, 1.165) is 46.2 Å². The van der Waals surface area contributed by atoms with Gasteiger partial charge in [-0.1, -0.05) is 68.8 Å². The summed E-state index contributed by atoms with van der Waals surface area (Å²) in [5.41, 5.74) is 3.24. The number of aliphatic hydroxyl groups is 1. The molecule has 1 aromatic heterocycles. The molecule has 2 aromatic carbocycles. The highest BCUT2D eigenvalue weighted by Crippen LogP contribution is 2.55. The van der Waals surface area contributed by atoms with Crippen molar-refractivity contribution in [3.05, 3.63) is 86.8 Å². The largest absolute Gasteiger partial charge is 0.454 e. The number of rotatable bonds is 9. The van der Waals surface area contributed by atoms with Crippen molar-refractivity contribution in [1.82, 2.24) is 10.3 Å². The molecule has 3 aromatic rings. The van der Waals surface area contributed by atoms with E-state index < -0.39 is 0 Å². The molecular formula is C29H33ClN2O3S. The van der Waals surface area contributed by atoms with Crippen molar-refractivity contribution in [3.8, 4) is 11.5 Å². The first kappa shape index (κ1) is 25.3. The van der Waals surface area contributed by atoms with Gasteiger partial charge in [-0.15, -0.1) is 11.3 Å². The molecule has 1 aliphatic carbocycles. The van der Waals surface area contributed by atoms with Crippen LogP contribution in [-0.4, -0.2) is 29.5 Å². The van der Waals surface area contributed by atoms with Gasteiger partial charge in [-0.2, -0.15) is 0 Å². The van der Waals surface area contributed by atoms with E-state index in [0.29, 0.717) is 5.02 Å². The van der Waals surface area contributed by atoms with Crippen molar-refractivity contribution in [2.24, 2.45) is 5.41 Å². The van der Waals surface area contributed by atoms with E-state index in [4.69, 9.17) is 26.1 Å². The molecule has 0 bridgehead atoms. The van der Waals surface area contributed by atoms with Crippen molar-refractivity contribution in [1.29, 1.82) is 0 Å². The molecule has 0 saturated heterocycles. The van der Waals surface area contributed by atoms with E-state index in [1.807, 2.05) is 36.5 Å². The Morgan fingerprint density at radius 1 is 1.19 bits per heavy atom. The van der Waals surface area contributed by atoms with E-state index in [1.165, 1.54) is 11.1 Å². The third-order valence-corrected chi connectivity index (χ3v) is 8.79. The number of fused-ring (bicyclic) bond motifs is 1. The SMILES string of the molecule is C=C(Cc1ncc(C(N[C@H](CO)C(C)(C)C)c2ccccc2Cl)s1)C1(c2ccc3c(c2)OCO3)CC1. The lowest BCUT2D eigenvalue weighted by molar-refractivity contribution is 0.152. The third-order valence-electron chi connectivity index (χ3n) is 7.38. The summed E-state index contributed by atoms with van der Waals surface area (Å²) < 4.78 is 11.1. The maximum Gasteiger partial charge on any atom is 0.231 e. The van der Waals surface area contributed by atoms with E-state index in [2.05, 4.69) is 44.8 Å². The topological polar surface area (TPSA) is 63.6 Å². The first-order valence-corrected chi connectivity index (χ1v) is 13.5. The summed E-state index contributed by atoms with van der Waals surface area (Å²) in [6.45, 7) is 11.2. The Kier molecular flexibility index (Phi) is 6.90. The van der Waals surface area contributed by atoms with Gasteiger partial charge < -0.3 is 14.6 Å². The van der Waals surface area contributed by atoms with Crippen molar-refractivity contribution >= 4 is 22.9 Å². The van der Waals surface area contributed by atoms with E-state index >= 15 is 0 Å². The molecule has 2 N–H and O–H groups in total.